The molecule has 0 bridgehead atoms. The molecule has 5 heteroatoms. The Labute approximate surface area is 107 Å². The highest BCUT2D eigenvalue weighted by Crippen LogP contribution is 2.32. The second kappa shape index (κ2) is 4.86. The molecule has 3 nitrogen and oxygen atoms in total. The van der Waals surface area contributed by atoms with Gasteiger partial charge in [-0.15, -0.1) is 11.6 Å². The van der Waals surface area contributed by atoms with E-state index < -0.39 is 9.84 Å². The number of rotatable bonds is 4. The van der Waals surface area contributed by atoms with E-state index in [-0.39, 0.29) is 0 Å². The first-order valence-electron chi connectivity index (χ1n) is 5.64. The summed E-state index contributed by atoms with van der Waals surface area (Å²) in [7, 11) is -3.17. The quantitative estimate of drug-likeness (QED) is 0.858. The van der Waals surface area contributed by atoms with Crippen LogP contribution in [0.2, 0.25) is 0 Å². The van der Waals surface area contributed by atoms with Crippen molar-refractivity contribution in [3.05, 3.63) is 24.3 Å². The van der Waals surface area contributed by atoms with Crippen molar-refractivity contribution in [1.82, 2.24) is 0 Å². The number of anilines is 1. The summed E-state index contributed by atoms with van der Waals surface area (Å²) in [5.74, 6) is 0.560. The van der Waals surface area contributed by atoms with Crippen molar-refractivity contribution >= 4 is 27.1 Å². The molecule has 0 atom stereocenters. The van der Waals surface area contributed by atoms with Gasteiger partial charge in [0.2, 0.25) is 0 Å². The highest BCUT2D eigenvalue weighted by Gasteiger charge is 2.27. The topological polar surface area (TPSA) is 46.2 Å². The van der Waals surface area contributed by atoms with Crippen LogP contribution in [0.5, 0.6) is 0 Å². The molecule has 0 spiro atoms. The fourth-order valence-corrected chi connectivity index (χ4v) is 3.38. The number of hydrogen-bond donors (Lipinski definition) is 1. The molecule has 0 amide bonds. The lowest BCUT2D eigenvalue weighted by molar-refractivity contribution is 0.341. The van der Waals surface area contributed by atoms with Gasteiger partial charge in [-0.3, -0.25) is 0 Å². The zero-order valence-corrected chi connectivity index (χ0v) is 11.3. The SMILES string of the molecule is CS(=O)(=O)c1ccccc1NCC1CC(Cl)C1. The van der Waals surface area contributed by atoms with Crippen LogP contribution in [-0.4, -0.2) is 26.6 Å². The van der Waals surface area contributed by atoms with E-state index in [1.165, 1.54) is 6.26 Å². The third-order valence-corrected chi connectivity index (χ3v) is 4.56. The van der Waals surface area contributed by atoms with Gasteiger partial charge < -0.3 is 5.32 Å². The van der Waals surface area contributed by atoms with E-state index >= 15 is 0 Å². The van der Waals surface area contributed by atoms with Crippen LogP contribution >= 0.6 is 11.6 Å². The molecule has 94 valence electrons. The van der Waals surface area contributed by atoms with Crippen LogP contribution in [0.4, 0.5) is 5.69 Å². The van der Waals surface area contributed by atoms with Crippen LogP contribution in [0, 0.1) is 5.92 Å². The Hall–Kier alpha value is -0.740. The smallest absolute Gasteiger partial charge is 0.177 e. The Morgan fingerprint density at radius 2 is 2.00 bits per heavy atom. The first-order chi connectivity index (χ1) is 7.97. The van der Waals surface area contributed by atoms with E-state index in [4.69, 9.17) is 11.6 Å². The molecule has 1 aliphatic carbocycles. The molecule has 0 aliphatic heterocycles. The van der Waals surface area contributed by atoms with Gasteiger partial charge in [0.25, 0.3) is 0 Å². The van der Waals surface area contributed by atoms with Crippen molar-refractivity contribution in [3.8, 4) is 0 Å². The van der Waals surface area contributed by atoms with Crippen LogP contribution < -0.4 is 5.32 Å². The number of alkyl halides is 1. The molecule has 2 rings (SSSR count). The summed E-state index contributed by atoms with van der Waals surface area (Å²) >= 11 is 5.91. The molecule has 1 aromatic carbocycles. The maximum Gasteiger partial charge on any atom is 0.177 e. The molecule has 1 saturated carbocycles. The van der Waals surface area contributed by atoms with E-state index in [1.54, 1.807) is 18.2 Å². The van der Waals surface area contributed by atoms with E-state index in [0.717, 1.165) is 19.4 Å². The monoisotopic (exact) mass is 273 g/mol. The summed E-state index contributed by atoms with van der Waals surface area (Å²) in [5, 5.41) is 3.50. The minimum Gasteiger partial charge on any atom is -0.384 e. The predicted molar refractivity (Wildman–Crippen MR) is 70.4 cm³/mol. The van der Waals surface area contributed by atoms with Gasteiger partial charge in [0, 0.05) is 18.2 Å². The van der Waals surface area contributed by atoms with Gasteiger partial charge in [-0.2, -0.15) is 0 Å². The van der Waals surface area contributed by atoms with Crippen LogP contribution in [0.15, 0.2) is 29.2 Å². The normalized spacial score (nSPS) is 24.1. The largest absolute Gasteiger partial charge is 0.384 e. The fraction of sp³-hybridized carbons (Fsp3) is 0.500. The third kappa shape index (κ3) is 3.13. The van der Waals surface area contributed by atoms with Crippen molar-refractivity contribution in [3.63, 3.8) is 0 Å². The van der Waals surface area contributed by atoms with Gasteiger partial charge >= 0.3 is 0 Å². The van der Waals surface area contributed by atoms with E-state index in [0.29, 0.717) is 21.9 Å². The van der Waals surface area contributed by atoms with Crippen molar-refractivity contribution < 1.29 is 8.42 Å². The molecule has 0 saturated heterocycles. The van der Waals surface area contributed by atoms with Gasteiger partial charge in [0.15, 0.2) is 9.84 Å². The van der Waals surface area contributed by atoms with Crippen molar-refractivity contribution in [2.24, 2.45) is 5.92 Å². The molecule has 0 radical (unpaired) electrons. The lowest BCUT2D eigenvalue weighted by atomic mass is 9.85. The van der Waals surface area contributed by atoms with Crippen LogP contribution in [0.3, 0.4) is 0 Å². The summed E-state index contributed by atoms with van der Waals surface area (Å²) in [6.45, 7) is 0.787. The molecular formula is C12H16ClNO2S. The predicted octanol–water partition coefficient (Wildman–Crippen LogP) is 2.52. The lowest BCUT2D eigenvalue weighted by Gasteiger charge is -2.31. The number of benzene rings is 1. The Kier molecular flexibility index (Phi) is 3.64. The average molecular weight is 274 g/mol. The molecule has 1 N–H and O–H groups in total. The molecule has 17 heavy (non-hydrogen) atoms. The summed E-state index contributed by atoms with van der Waals surface area (Å²) in [4.78, 5) is 0.363. The molecule has 0 unspecified atom stereocenters. The maximum atomic E-state index is 11.6. The standard InChI is InChI=1S/C12H16ClNO2S/c1-17(15,16)12-5-3-2-4-11(12)14-8-9-6-10(13)7-9/h2-5,9-10,14H,6-8H2,1H3. The molecule has 1 aliphatic rings. The number of para-hydroxylation sites is 1. The van der Waals surface area contributed by atoms with Gasteiger partial charge in [-0.25, -0.2) is 8.42 Å². The minimum absolute atomic E-state index is 0.298. The van der Waals surface area contributed by atoms with Gasteiger partial charge in [-0.1, -0.05) is 12.1 Å². The zero-order chi connectivity index (χ0) is 12.5. The average Bonchev–Trinajstić information content (AvgIpc) is 2.22. The molecule has 1 fully saturated rings. The summed E-state index contributed by atoms with van der Waals surface area (Å²) < 4.78 is 23.1. The number of nitrogens with one attached hydrogen (secondary N) is 1. The first kappa shape index (κ1) is 12.7. The van der Waals surface area contributed by atoms with Crippen molar-refractivity contribution in [1.29, 1.82) is 0 Å². The Morgan fingerprint density at radius 1 is 1.35 bits per heavy atom. The fourth-order valence-electron chi connectivity index (χ4n) is 2.01. The van der Waals surface area contributed by atoms with Crippen LogP contribution in [0.25, 0.3) is 0 Å². The van der Waals surface area contributed by atoms with Gasteiger partial charge in [0.05, 0.1) is 10.6 Å². The number of sulfone groups is 1. The van der Waals surface area contributed by atoms with Crippen LogP contribution in [0.1, 0.15) is 12.8 Å². The van der Waals surface area contributed by atoms with E-state index in [9.17, 15) is 8.42 Å². The summed E-state index contributed by atoms with van der Waals surface area (Å²) in [6.07, 6.45) is 3.25. The minimum atomic E-state index is -3.17. The third-order valence-electron chi connectivity index (χ3n) is 3.05. The molecular weight excluding hydrogens is 258 g/mol. The van der Waals surface area contributed by atoms with Gasteiger partial charge in [-0.05, 0) is 30.9 Å². The highest BCUT2D eigenvalue weighted by molar-refractivity contribution is 7.90. The second-order valence-electron chi connectivity index (χ2n) is 4.58. The lowest BCUT2D eigenvalue weighted by Crippen LogP contribution is -2.30. The second-order valence-corrected chi connectivity index (χ2v) is 7.19. The first-order valence-corrected chi connectivity index (χ1v) is 7.96. The molecule has 1 aromatic rings. The zero-order valence-electron chi connectivity index (χ0n) is 9.69. The highest BCUT2D eigenvalue weighted by atomic mass is 35.5. The maximum absolute atomic E-state index is 11.6. The Balaban J connectivity index is 2.05. The van der Waals surface area contributed by atoms with E-state index in [2.05, 4.69) is 5.32 Å². The number of hydrogen-bond acceptors (Lipinski definition) is 3. The van der Waals surface area contributed by atoms with Gasteiger partial charge in [0.1, 0.15) is 0 Å². The summed E-state index contributed by atoms with van der Waals surface area (Å²) in [5.41, 5.74) is 0.688. The molecule has 0 heterocycles. The van der Waals surface area contributed by atoms with Crippen molar-refractivity contribution in [2.75, 3.05) is 18.1 Å². The van der Waals surface area contributed by atoms with E-state index in [1.807, 2.05) is 6.07 Å². The molecule has 0 aromatic heterocycles. The Morgan fingerprint density at radius 3 is 2.59 bits per heavy atom. The van der Waals surface area contributed by atoms with Crippen molar-refractivity contribution in [2.45, 2.75) is 23.1 Å². The Bertz CT molecular complexity index is 495. The summed E-state index contributed by atoms with van der Waals surface area (Å²) in [6, 6.07) is 7.00. The number of halogens is 1. The van der Waals surface area contributed by atoms with Crippen LogP contribution in [-0.2, 0) is 9.84 Å².